The molecular weight excluding hydrogens is 124 g/mol. The summed E-state index contributed by atoms with van der Waals surface area (Å²) in [5.74, 6) is 1.42. The van der Waals surface area contributed by atoms with Crippen LogP contribution in [0.25, 0.3) is 0 Å². The molecule has 0 heterocycles. The summed E-state index contributed by atoms with van der Waals surface area (Å²) in [5.41, 5.74) is 0. The zero-order valence-corrected chi connectivity index (χ0v) is 8.02. The fourth-order valence-electron chi connectivity index (χ4n) is 0. The molecule has 0 radical (unpaired) electrons. The summed E-state index contributed by atoms with van der Waals surface area (Å²) >= 11 is 0. The Morgan fingerprint density at radius 2 is 1.56 bits per heavy atom. The summed E-state index contributed by atoms with van der Waals surface area (Å²) in [7, 11) is 0. The zero-order chi connectivity index (χ0) is 6.99. The van der Waals surface area contributed by atoms with Crippen molar-refractivity contribution in [3.8, 4) is 0 Å². The minimum absolute atomic E-state index is 0. The van der Waals surface area contributed by atoms with Gasteiger partial charge in [-0.05, 0) is 0 Å². The predicted molar refractivity (Wildman–Crippen MR) is 42.1 cm³/mol. The minimum Gasteiger partial charge on any atom is -0.337 e. The van der Waals surface area contributed by atoms with Crippen LogP contribution in [0.15, 0.2) is 0 Å². The molecule has 0 spiro atoms. The summed E-state index contributed by atoms with van der Waals surface area (Å²) in [4.78, 5) is 9.11. The van der Waals surface area contributed by atoms with Crippen molar-refractivity contribution in [1.82, 2.24) is 0 Å². The maximum absolute atomic E-state index is 9.11. The quantitative estimate of drug-likeness (QED) is 0.306. The van der Waals surface area contributed by atoms with Crippen LogP contribution in [0.1, 0.15) is 27.2 Å². The Labute approximate surface area is 74.4 Å². The van der Waals surface area contributed by atoms with Crippen LogP contribution in [0.3, 0.4) is 0 Å². The average Bonchev–Trinajstić information content (AvgIpc) is 1.65. The van der Waals surface area contributed by atoms with E-state index in [0.29, 0.717) is 6.42 Å². The Morgan fingerprint density at radius 3 is 1.56 bits per heavy atom. The van der Waals surface area contributed by atoms with E-state index in [2.05, 4.69) is 27.7 Å². The first kappa shape index (κ1) is 16.2. The molecule has 0 atom stereocenters. The largest absolute Gasteiger partial charge is 2.00 e. The van der Waals surface area contributed by atoms with Crippen molar-refractivity contribution in [2.45, 2.75) is 27.2 Å². The molecule has 0 aromatic carbocycles. The van der Waals surface area contributed by atoms with E-state index < -0.39 is 0 Å². The van der Waals surface area contributed by atoms with E-state index >= 15 is 0 Å². The molecular formula is C7H14MgO. The molecule has 9 heavy (non-hydrogen) atoms. The SMILES string of the molecule is C[C-](C)C.[CH2-]CC=O.[Mg+2]. The summed E-state index contributed by atoms with van der Waals surface area (Å²) in [6.07, 6.45) is 1.15. The molecule has 50 valence electrons. The normalized spacial score (nSPS) is 6.78. The molecule has 0 saturated carbocycles. The molecule has 0 amide bonds. The van der Waals surface area contributed by atoms with Gasteiger partial charge in [0.1, 0.15) is 0 Å². The van der Waals surface area contributed by atoms with Crippen molar-refractivity contribution in [3.63, 3.8) is 0 Å². The van der Waals surface area contributed by atoms with Crippen LogP contribution in [0, 0.1) is 12.8 Å². The van der Waals surface area contributed by atoms with Crippen LogP contribution in [-0.2, 0) is 4.79 Å². The molecule has 2 heteroatoms. The van der Waals surface area contributed by atoms with E-state index in [1.807, 2.05) is 0 Å². The van der Waals surface area contributed by atoms with Crippen molar-refractivity contribution in [2.75, 3.05) is 0 Å². The number of hydrogen-bond acceptors (Lipinski definition) is 1. The van der Waals surface area contributed by atoms with Crippen LogP contribution in [0.4, 0.5) is 0 Å². The molecule has 0 fully saturated rings. The van der Waals surface area contributed by atoms with Gasteiger partial charge >= 0.3 is 23.1 Å². The molecule has 0 saturated heterocycles. The Morgan fingerprint density at radius 1 is 1.44 bits per heavy atom. The maximum atomic E-state index is 9.11. The summed E-state index contributed by atoms with van der Waals surface area (Å²) in [6.45, 7) is 9.49. The van der Waals surface area contributed by atoms with Gasteiger partial charge in [-0.15, -0.1) is 6.42 Å². The van der Waals surface area contributed by atoms with E-state index in [1.165, 1.54) is 5.92 Å². The molecule has 0 bridgehead atoms. The molecule has 0 aliphatic rings. The monoisotopic (exact) mass is 138 g/mol. The Hall–Kier alpha value is 0.436. The molecule has 0 rings (SSSR count). The summed E-state index contributed by atoms with van der Waals surface area (Å²) < 4.78 is 0. The number of hydrogen-bond donors (Lipinski definition) is 0. The smallest absolute Gasteiger partial charge is 0.337 e. The first-order valence-electron chi connectivity index (χ1n) is 2.64. The van der Waals surface area contributed by atoms with Gasteiger partial charge < -0.3 is 17.6 Å². The van der Waals surface area contributed by atoms with Gasteiger partial charge in [-0.1, -0.05) is 0 Å². The van der Waals surface area contributed by atoms with Gasteiger partial charge in [0, 0.05) is 0 Å². The van der Waals surface area contributed by atoms with E-state index in [9.17, 15) is 0 Å². The van der Waals surface area contributed by atoms with E-state index in [0.717, 1.165) is 6.29 Å². The maximum Gasteiger partial charge on any atom is 2.00 e. The minimum atomic E-state index is 0. The Bertz CT molecular complexity index is 41.4. The molecule has 1 nitrogen and oxygen atoms in total. The van der Waals surface area contributed by atoms with Crippen LogP contribution in [0.5, 0.6) is 0 Å². The third-order valence-corrected chi connectivity index (χ3v) is 0.118. The van der Waals surface area contributed by atoms with E-state index in [1.54, 1.807) is 0 Å². The molecule has 0 aliphatic carbocycles. The second kappa shape index (κ2) is 15.8. The van der Waals surface area contributed by atoms with Crippen molar-refractivity contribution in [2.24, 2.45) is 0 Å². The van der Waals surface area contributed by atoms with Gasteiger partial charge in [0.15, 0.2) is 0 Å². The van der Waals surface area contributed by atoms with Crippen molar-refractivity contribution < 1.29 is 4.79 Å². The fourth-order valence-corrected chi connectivity index (χ4v) is 0. The first-order chi connectivity index (χ1) is 3.65. The van der Waals surface area contributed by atoms with Crippen molar-refractivity contribution in [3.05, 3.63) is 12.8 Å². The first-order valence-corrected chi connectivity index (χ1v) is 2.64. The second-order valence-electron chi connectivity index (χ2n) is 1.96. The van der Waals surface area contributed by atoms with Gasteiger partial charge in [-0.25, -0.2) is 0 Å². The van der Waals surface area contributed by atoms with Gasteiger partial charge in [0.25, 0.3) is 0 Å². The zero-order valence-electron chi connectivity index (χ0n) is 6.61. The standard InChI is InChI=1S/C4H9.C3H5O.Mg/c1-4(2)3;1-2-3-4;/h1-3H3;3H,1-2H2;/q2*-1;+2. The van der Waals surface area contributed by atoms with E-state index in [4.69, 9.17) is 4.79 Å². The predicted octanol–water partition coefficient (Wildman–Crippen LogP) is 1.65. The van der Waals surface area contributed by atoms with Crippen LogP contribution in [0.2, 0.25) is 0 Å². The Kier molecular flexibility index (Phi) is 28.4. The number of carbonyl (C=O) groups excluding carboxylic acids is 1. The number of aldehydes is 1. The molecule has 0 unspecified atom stereocenters. The van der Waals surface area contributed by atoms with Crippen LogP contribution >= 0.6 is 0 Å². The van der Waals surface area contributed by atoms with Gasteiger partial charge in [-0.3, -0.25) is 0 Å². The third kappa shape index (κ3) is 169. The second-order valence-corrected chi connectivity index (χ2v) is 1.96. The summed E-state index contributed by atoms with van der Waals surface area (Å²) in [6, 6.07) is 0. The summed E-state index contributed by atoms with van der Waals surface area (Å²) in [5, 5.41) is 0. The van der Waals surface area contributed by atoms with Crippen molar-refractivity contribution >= 4 is 29.3 Å². The Balaban J connectivity index is -0.0000000720. The number of carbonyl (C=O) groups is 1. The van der Waals surface area contributed by atoms with Crippen molar-refractivity contribution in [1.29, 1.82) is 0 Å². The van der Waals surface area contributed by atoms with Crippen LogP contribution < -0.4 is 0 Å². The van der Waals surface area contributed by atoms with Gasteiger partial charge in [-0.2, -0.15) is 20.8 Å². The topological polar surface area (TPSA) is 17.1 Å². The van der Waals surface area contributed by atoms with Crippen LogP contribution in [-0.4, -0.2) is 29.3 Å². The average molecular weight is 138 g/mol. The third-order valence-electron chi connectivity index (χ3n) is 0.118. The van der Waals surface area contributed by atoms with Gasteiger partial charge in [0.2, 0.25) is 0 Å². The number of rotatable bonds is 1. The fraction of sp³-hybridized carbons (Fsp3) is 0.571. The molecule has 0 aliphatic heterocycles. The molecule has 0 N–H and O–H groups in total. The molecule has 0 aromatic rings. The van der Waals surface area contributed by atoms with Gasteiger partial charge in [0.05, 0.1) is 6.29 Å². The van der Waals surface area contributed by atoms with E-state index in [-0.39, 0.29) is 23.1 Å². The molecule has 0 aromatic heterocycles.